The molecule has 1 saturated carbocycles. The van der Waals surface area contributed by atoms with Crippen molar-refractivity contribution in [2.75, 3.05) is 0 Å². The average molecular weight is 293 g/mol. The van der Waals surface area contributed by atoms with Gasteiger partial charge in [-0.3, -0.25) is 4.79 Å². The number of rotatable bonds is 4. The maximum atomic E-state index is 12.1. The third-order valence-corrected chi connectivity index (χ3v) is 3.72. The van der Waals surface area contributed by atoms with E-state index in [1.54, 1.807) is 31.2 Å². The third kappa shape index (κ3) is 3.64. The van der Waals surface area contributed by atoms with Gasteiger partial charge in [0, 0.05) is 11.1 Å². The van der Waals surface area contributed by atoms with Crippen LogP contribution in [-0.4, -0.2) is 18.1 Å². The van der Waals surface area contributed by atoms with E-state index in [9.17, 15) is 4.79 Å². The van der Waals surface area contributed by atoms with E-state index in [0.717, 1.165) is 19.3 Å². The number of nitrogens with one attached hydrogen (secondary N) is 1. The first-order chi connectivity index (χ1) is 9.60. The molecule has 0 radical (unpaired) electrons. The molecule has 0 saturated heterocycles. The lowest BCUT2D eigenvalue weighted by atomic mass is 10.1. The highest BCUT2D eigenvalue weighted by atomic mass is 35.5. The fourth-order valence-corrected chi connectivity index (χ4v) is 2.57. The van der Waals surface area contributed by atoms with Crippen LogP contribution in [-0.2, 0) is 4.79 Å². The molecule has 1 fully saturated rings. The molecule has 0 bridgehead atoms. The molecule has 106 valence electrons. The van der Waals surface area contributed by atoms with Crippen LogP contribution < -0.4 is 10.1 Å². The molecule has 5 heteroatoms. The Hall–Kier alpha value is -1.73. The predicted octanol–water partition coefficient (Wildman–Crippen LogP) is 2.92. The zero-order valence-corrected chi connectivity index (χ0v) is 12.1. The van der Waals surface area contributed by atoms with E-state index in [-0.39, 0.29) is 17.9 Å². The molecule has 2 rings (SSSR count). The molecule has 0 spiro atoms. The predicted molar refractivity (Wildman–Crippen MR) is 76.4 cm³/mol. The number of carbonyl (C=O) groups excluding carboxylic acids is 1. The second-order valence-electron chi connectivity index (χ2n) is 5.00. The van der Waals surface area contributed by atoms with Gasteiger partial charge in [-0.05, 0) is 44.4 Å². The quantitative estimate of drug-likeness (QED) is 0.928. The van der Waals surface area contributed by atoms with Crippen LogP contribution in [0.15, 0.2) is 24.3 Å². The van der Waals surface area contributed by atoms with E-state index in [1.165, 1.54) is 0 Å². The Morgan fingerprint density at radius 1 is 1.55 bits per heavy atom. The summed E-state index contributed by atoms with van der Waals surface area (Å²) in [5, 5.41) is 12.5. The van der Waals surface area contributed by atoms with Crippen LogP contribution in [0.5, 0.6) is 5.75 Å². The van der Waals surface area contributed by atoms with E-state index >= 15 is 0 Å². The molecular formula is C15H17ClN2O2. The minimum atomic E-state index is -0.617. The van der Waals surface area contributed by atoms with E-state index in [1.807, 2.05) is 0 Å². The average Bonchev–Trinajstić information content (AvgIpc) is 2.85. The van der Waals surface area contributed by atoms with Gasteiger partial charge >= 0.3 is 0 Å². The van der Waals surface area contributed by atoms with Gasteiger partial charge in [-0.25, -0.2) is 0 Å². The summed E-state index contributed by atoms with van der Waals surface area (Å²) in [5.74, 6) is 0.276. The summed E-state index contributed by atoms with van der Waals surface area (Å²) in [6, 6.07) is 9.12. The van der Waals surface area contributed by atoms with Gasteiger partial charge < -0.3 is 10.1 Å². The van der Waals surface area contributed by atoms with Gasteiger partial charge in [0.2, 0.25) is 0 Å². The summed E-state index contributed by atoms with van der Waals surface area (Å²) >= 11 is 5.87. The van der Waals surface area contributed by atoms with Crippen LogP contribution in [0.2, 0.25) is 5.02 Å². The largest absolute Gasteiger partial charge is 0.481 e. The van der Waals surface area contributed by atoms with Crippen LogP contribution >= 0.6 is 11.6 Å². The lowest BCUT2D eigenvalue weighted by Gasteiger charge is -2.20. The zero-order chi connectivity index (χ0) is 14.5. The van der Waals surface area contributed by atoms with Gasteiger partial charge in [-0.1, -0.05) is 17.7 Å². The molecule has 3 unspecified atom stereocenters. The second-order valence-corrected chi connectivity index (χ2v) is 5.44. The zero-order valence-electron chi connectivity index (χ0n) is 11.3. The molecule has 0 aliphatic heterocycles. The van der Waals surface area contributed by atoms with Crippen LogP contribution in [0, 0.1) is 17.2 Å². The number of ether oxygens (including phenoxy) is 1. The highest BCUT2D eigenvalue weighted by Crippen LogP contribution is 2.25. The Labute approximate surface area is 123 Å². The molecule has 1 aliphatic carbocycles. The number of nitriles is 1. The lowest BCUT2D eigenvalue weighted by Crippen LogP contribution is -2.43. The Balaban J connectivity index is 1.91. The first-order valence-corrected chi connectivity index (χ1v) is 7.10. The van der Waals surface area contributed by atoms with Crippen molar-refractivity contribution < 1.29 is 9.53 Å². The maximum absolute atomic E-state index is 12.1. The maximum Gasteiger partial charge on any atom is 0.261 e. The lowest BCUT2D eigenvalue weighted by molar-refractivity contribution is -0.128. The van der Waals surface area contributed by atoms with E-state index in [4.69, 9.17) is 21.6 Å². The highest BCUT2D eigenvalue weighted by molar-refractivity contribution is 6.30. The molecule has 1 aromatic rings. The summed E-state index contributed by atoms with van der Waals surface area (Å²) in [7, 11) is 0. The summed E-state index contributed by atoms with van der Waals surface area (Å²) in [5.41, 5.74) is 0. The molecule has 4 nitrogen and oxygen atoms in total. The topological polar surface area (TPSA) is 62.1 Å². The Morgan fingerprint density at radius 2 is 2.35 bits per heavy atom. The van der Waals surface area contributed by atoms with Crippen molar-refractivity contribution in [3.8, 4) is 11.8 Å². The Bertz CT molecular complexity index is 527. The summed E-state index contributed by atoms with van der Waals surface area (Å²) in [6.45, 7) is 1.69. The van der Waals surface area contributed by atoms with Gasteiger partial charge in [0.05, 0.1) is 12.0 Å². The number of hydrogen-bond acceptors (Lipinski definition) is 3. The first-order valence-electron chi connectivity index (χ1n) is 6.72. The molecule has 1 aliphatic rings. The minimum Gasteiger partial charge on any atom is -0.481 e. The van der Waals surface area contributed by atoms with Crippen molar-refractivity contribution in [3.05, 3.63) is 29.3 Å². The van der Waals surface area contributed by atoms with Crippen molar-refractivity contribution >= 4 is 17.5 Å². The van der Waals surface area contributed by atoms with Gasteiger partial charge in [-0.2, -0.15) is 5.26 Å². The molecule has 1 aromatic carbocycles. The van der Waals surface area contributed by atoms with Gasteiger partial charge in [-0.15, -0.1) is 0 Å². The molecule has 0 aromatic heterocycles. The first kappa shape index (κ1) is 14.7. The van der Waals surface area contributed by atoms with Crippen molar-refractivity contribution in [2.45, 2.75) is 38.3 Å². The van der Waals surface area contributed by atoms with E-state index in [2.05, 4.69) is 11.4 Å². The summed E-state index contributed by atoms with van der Waals surface area (Å²) < 4.78 is 5.56. The highest BCUT2D eigenvalue weighted by Gasteiger charge is 2.30. The number of halogens is 1. The van der Waals surface area contributed by atoms with Crippen LogP contribution in [0.25, 0.3) is 0 Å². The molecule has 1 amide bonds. The molecule has 0 heterocycles. The molecule has 20 heavy (non-hydrogen) atoms. The SMILES string of the molecule is CC(Oc1cccc(Cl)c1)C(=O)NC1CCCC1C#N. The fourth-order valence-electron chi connectivity index (χ4n) is 2.39. The number of benzene rings is 1. The minimum absolute atomic E-state index is 0.0575. The van der Waals surface area contributed by atoms with Crippen LogP contribution in [0.1, 0.15) is 26.2 Å². The second kappa shape index (κ2) is 6.62. The van der Waals surface area contributed by atoms with Gasteiger partial charge in [0.15, 0.2) is 6.10 Å². The van der Waals surface area contributed by atoms with E-state index < -0.39 is 6.10 Å². The van der Waals surface area contributed by atoms with Gasteiger partial charge in [0.1, 0.15) is 5.75 Å². The standard InChI is InChI=1S/C15H17ClN2O2/c1-10(20-13-6-3-5-12(16)8-13)15(19)18-14-7-2-4-11(14)9-17/h3,5-6,8,10-11,14H,2,4,7H2,1H3,(H,18,19). The van der Waals surface area contributed by atoms with Gasteiger partial charge in [0.25, 0.3) is 5.91 Å². The molecule has 1 N–H and O–H groups in total. The van der Waals surface area contributed by atoms with Crippen molar-refractivity contribution in [3.63, 3.8) is 0 Å². The van der Waals surface area contributed by atoms with E-state index in [0.29, 0.717) is 10.8 Å². The number of carbonyl (C=O) groups is 1. The number of nitrogens with zero attached hydrogens (tertiary/aromatic N) is 1. The Morgan fingerprint density at radius 3 is 3.05 bits per heavy atom. The van der Waals surface area contributed by atoms with Crippen molar-refractivity contribution in [1.82, 2.24) is 5.32 Å². The normalized spacial score (nSPS) is 22.9. The molecule has 3 atom stereocenters. The van der Waals surface area contributed by atoms with Crippen molar-refractivity contribution in [1.29, 1.82) is 5.26 Å². The molecular weight excluding hydrogens is 276 g/mol. The van der Waals surface area contributed by atoms with Crippen LogP contribution in [0.4, 0.5) is 0 Å². The monoisotopic (exact) mass is 292 g/mol. The van der Waals surface area contributed by atoms with Crippen LogP contribution in [0.3, 0.4) is 0 Å². The summed E-state index contributed by atoms with van der Waals surface area (Å²) in [4.78, 5) is 12.1. The third-order valence-electron chi connectivity index (χ3n) is 3.49. The smallest absolute Gasteiger partial charge is 0.261 e. The Kier molecular flexibility index (Phi) is 4.86. The summed E-state index contributed by atoms with van der Waals surface area (Å²) in [6.07, 6.45) is 2.07. The fraction of sp³-hybridized carbons (Fsp3) is 0.467. The van der Waals surface area contributed by atoms with Crippen molar-refractivity contribution in [2.24, 2.45) is 5.92 Å². The number of amides is 1. The number of hydrogen-bond donors (Lipinski definition) is 1.